The Hall–Kier alpha value is -0.660. The first kappa shape index (κ1) is 9.43. The number of anilines is 1. The van der Waals surface area contributed by atoms with E-state index in [9.17, 15) is 0 Å². The van der Waals surface area contributed by atoms with Gasteiger partial charge in [-0.25, -0.2) is 0 Å². The van der Waals surface area contributed by atoms with Gasteiger partial charge in [-0.2, -0.15) is 5.26 Å². The molecule has 0 aromatic heterocycles. The normalized spacial score (nSPS) is 9.42. The number of thiocyanates is 1. The van der Waals surface area contributed by atoms with Crippen LogP contribution in [-0.2, 0) is 0 Å². The minimum Gasteiger partial charge on any atom is -0.398 e. The van der Waals surface area contributed by atoms with E-state index < -0.39 is 0 Å². The van der Waals surface area contributed by atoms with Gasteiger partial charge >= 0.3 is 0 Å². The summed E-state index contributed by atoms with van der Waals surface area (Å²) in [6.45, 7) is 1.92. The van der Waals surface area contributed by atoms with Gasteiger partial charge < -0.3 is 5.73 Å². The van der Waals surface area contributed by atoms with Crippen LogP contribution in [0.3, 0.4) is 0 Å². The molecule has 0 bridgehead atoms. The second-order valence-electron chi connectivity index (χ2n) is 2.33. The van der Waals surface area contributed by atoms with E-state index in [1.54, 1.807) is 0 Å². The number of hydrogen-bond donors (Lipinski definition) is 1. The molecule has 0 saturated carbocycles. The highest BCUT2D eigenvalue weighted by Gasteiger charge is 2.02. The monoisotopic (exact) mass is 242 g/mol. The molecule has 62 valence electrons. The van der Waals surface area contributed by atoms with Crippen LogP contribution in [0.25, 0.3) is 0 Å². The molecule has 0 spiro atoms. The van der Waals surface area contributed by atoms with E-state index in [1.807, 2.05) is 24.5 Å². The molecule has 2 nitrogen and oxygen atoms in total. The highest BCUT2D eigenvalue weighted by Crippen LogP contribution is 2.29. The van der Waals surface area contributed by atoms with E-state index in [4.69, 9.17) is 11.0 Å². The zero-order valence-electron chi connectivity index (χ0n) is 6.47. The van der Waals surface area contributed by atoms with Crippen LogP contribution < -0.4 is 5.73 Å². The van der Waals surface area contributed by atoms with Gasteiger partial charge in [-0.1, -0.05) is 0 Å². The zero-order chi connectivity index (χ0) is 9.14. The third-order valence-corrected chi connectivity index (χ3v) is 2.69. The topological polar surface area (TPSA) is 49.8 Å². The van der Waals surface area contributed by atoms with Crippen molar-refractivity contribution in [2.75, 3.05) is 5.73 Å². The van der Waals surface area contributed by atoms with E-state index in [0.29, 0.717) is 0 Å². The van der Waals surface area contributed by atoms with Crippen LogP contribution in [0.5, 0.6) is 0 Å². The fourth-order valence-corrected chi connectivity index (χ4v) is 2.06. The molecule has 2 N–H and O–H groups in total. The SMILES string of the molecule is Cc1cc(SC#N)cc(Br)c1N. The molecule has 0 unspecified atom stereocenters. The lowest BCUT2D eigenvalue weighted by Crippen LogP contribution is -1.90. The van der Waals surface area contributed by atoms with Crippen LogP contribution in [0.4, 0.5) is 5.69 Å². The zero-order valence-corrected chi connectivity index (χ0v) is 8.87. The van der Waals surface area contributed by atoms with E-state index in [2.05, 4.69) is 15.9 Å². The van der Waals surface area contributed by atoms with Crippen molar-refractivity contribution >= 4 is 33.4 Å². The standard InChI is InChI=1S/C8H7BrN2S/c1-5-2-6(12-4-10)3-7(9)8(5)11/h2-3H,11H2,1H3. The Labute approximate surface area is 83.9 Å². The summed E-state index contributed by atoms with van der Waals surface area (Å²) >= 11 is 4.45. The average Bonchev–Trinajstić information content (AvgIpc) is 2.01. The summed E-state index contributed by atoms with van der Waals surface area (Å²) in [5, 5.41) is 10.5. The molecule has 0 radical (unpaired) electrons. The van der Waals surface area contributed by atoms with E-state index in [-0.39, 0.29) is 0 Å². The Balaban J connectivity index is 3.14. The van der Waals surface area contributed by atoms with E-state index in [0.717, 1.165) is 32.4 Å². The highest BCUT2D eigenvalue weighted by atomic mass is 79.9. The van der Waals surface area contributed by atoms with Crippen molar-refractivity contribution in [3.63, 3.8) is 0 Å². The second kappa shape index (κ2) is 3.83. The molecule has 0 saturated heterocycles. The quantitative estimate of drug-likeness (QED) is 0.468. The lowest BCUT2D eigenvalue weighted by Gasteiger charge is -2.03. The molecule has 0 amide bonds. The third-order valence-electron chi connectivity index (χ3n) is 1.47. The fraction of sp³-hybridized carbons (Fsp3) is 0.125. The van der Waals surface area contributed by atoms with E-state index in [1.165, 1.54) is 0 Å². The summed E-state index contributed by atoms with van der Waals surface area (Å²) < 4.78 is 0.847. The molecule has 0 aliphatic heterocycles. The number of hydrogen-bond acceptors (Lipinski definition) is 3. The number of nitriles is 1. The Kier molecular flexibility index (Phi) is 3.01. The molecule has 1 aromatic carbocycles. The van der Waals surface area contributed by atoms with Crippen molar-refractivity contribution < 1.29 is 0 Å². The molecule has 1 rings (SSSR count). The smallest absolute Gasteiger partial charge is 0.138 e. The third kappa shape index (κ3) is 1.93. The van der Waals surface area contributed by atoms with Crippen LogP contribution in [0.15, 0.2) is 21.5 Å². The van der Waals surface area contributed by atoms with Crippen molar-refractivity contribution in [3.05, 3.63) is 22.2 Å². The highest BCUT2D eigenvalue weighted by molar-refractivity contribution is 9.10. The van der Waals surface area contributed by atoms with Gasteiger partial charge in [0.2, 0.25) is 0 Å². The number of aryl methyl sites for hydroxylation is 1. The van der Waals surface area contributed by atoms with Crippen molar-refractivity contribution in [2.24, 2.45) is 0 Å². The van der Waals surface area contributed by atoms with Crippen LogP contribution in [0.1, 0.15) is 5.56 Å². The predicted molar refractivity (Wildman–Crippen MR) is 54.8 cm³/mol. The largest absolute Gasteiger partial charge is 0.398 e. The lowest BCUT2D eigenvalue weighted by atomic mass is 10.2. The summed E-state index contributed by atoms with van der Waals surface area (Å²) in [5.74, 6) is 0. The molecule has 4 heteroatoms. The molecular weight excluding hydrogens is 236 g/mol. The van der Waals surface area contributed by atoms with Gasteiger partial charge in [0.1, 0.15) is 5.40 Å². The van der Waals surface area contributed by atoms with Gasteiger partial charge in [0.15, 0.2) is 0 Å². The Bertz CT molecular complexity index is 320. The number of rotatable bonds is 1. The summed E-state index contributed by atoms with van der Waals surface area (Å²) in [7, 11) is 0. The van der Waals surface area contributed by atoms with Crippen LogP contribution in [0.2, 0.25) is 0 Å². The average molecular weight is 243 g/mol. The molecule has 0 heterocycles. The summed E-state index contributed by atoms with van der Waals surface area (Å²) in [4.78, 5) is 0.913. The minimum atomic E-state index is 0.734. The van der Waals surface area contributed by atoms with Crippen molar-refractivity contribution in [2.45, 2.75) is 11.8 Å². The first-order valence-corrected chi connectivity index (χ1v) is 4.87. The van der Waals surface area contributed by atoms with Crippen LogP contribution >= 0.6 is 27.7 Å². The predicted octanol–water partition coefficient (Wildman–Crippen LogP) is 2.91. The first-order chi connectivity index (χ1) is 5.65. The molecule has 1 aromatic rings. The summed E-state index contributed by atoms with van der Waals surface area (Å²) in [6, 6.07) is 3.74. The molecule has 0 atom stereocenters. The molecule has 12 heavy (non-hydrogen) atoms. The van der Waals surface area contributed by atoms with Crippen LogP contribution in [-0.4, -0.2) is 0 Å². The maximum absolute atomic E-state index is 8.44. The van der Waals surface area contributed by atoms with Crippen LogP contribution in [0, 0.1) is 17.6 Å². The first-order valence-electron chi connectivity index (χ1n) is 3.26. The molecule has 0 fully saturated rings. The molecule has 0 aliphatic carbocycles. The van der Waals surface area contributed by atoms with Gasteiger partial charge in [0, 0.05) is 15.1 Å². The lowest BCUT2D eigenvalue weighted by molar-refractivity contribution is 1.35. The Morgan fingerprint density at radius 3 is 2.75 bits per heavy atom. The van der Waals surface area contributed by atoms with Crippen molar-refractivity contribution in [3.8, 4) is 5.40 Å². The maximum Gasteiger partial charge on any atom is 0.138 e. The van der Waals surface area contributed by atoms with E-state index >= 15 is 0 Å². The number of nitrogen functional groups attached to an aromatic ring is 1. The maximum atomic E-state index is 8.44. The number of halogens is 1. The second-order valence-corrected chi connectivity index (χ2v) is 4.04. The van der Waals surface area contributed by atoms with Gasteiger partial charge in [0.25, 0.3) is 0 Å². The van der Waals surface area contributed by atoms with Gasteiger partial charge in [-0.15, -0.1) is 0 Å². The van der Waals surface area contributed by atoms with Gasteiger partial charge in [0.05, 0.1) is 0 Å². The van der Waals surface area contributed by atoms with Crippen molar-refractivity contribution in [1.82, 2.24) is 0 Å². The number of thioether (sulfide) groups is 1. The Morgan fingerprint density at radius 2 is 2.25 bits per heavy atom. The number of nitrogens with zero attached hydrogens (tertiary/aromatic N) is 1. The molecule has 0 aliphatic rings. The number of nitrogens with two attached hydrogens (primary N) is 1. The summed E-state index contributed by atoms with van der Waals surface area (Å²) in [6.07, 6.45) is 0. The Morgan fingerprint density at radius 1 is 1.58 bits per heavy atom. The number of benzene rings is 1. The van der Waals surface area contributed by atoms with Gasteiger partial charge in [-0.3, -0.25) is 0 Å². The molecular formula is C8H7BrN2S. The summed E-state index contributed by atoms with van der Waals surface area (Å²) in [5.41, 5.74) is 7.43. The minimum absolute atomic E-state index is 0.734. The van der Waals surface area contributed by atoms with Crippen molar-refractivity contribution in [1.29, 1.82) is 5.26 Å². The van der Waals surface area contributed by atoms with Gasteiger partial charge in [-0.05, 0) is 52.3 Å². The fourth-order valence-electron chi connectivity index (χ4n) is 0.835.